The van der Waals surface area contributed by atoms with Crippen LogP contribution in [-0.4, -0.2) is 16.2 Å². The fourth-order valence-electron chi connectivity index (χ4n) is 2.19. The molecule has 1 N–H and O–H groups in total. The first-order chi connectivity index (χ1) is 11.0. The van der Waals surface area contributed by atoms with Gasteiger partial charge in [-0.1, -0.05) is 29.0 Å². The van der Waals surface area contributed by atoms with E-state index < -0.39 is 0 Å². The summed E-state index contributed by atoms with van der Waals surface area (Å²) in [6.07, 6.45) is 0. The van der Waals surface area contributed by atoms with Crippen LogP contribution in [0, 0.1) is 6.92 Å². The number of aryl methyl sites for hydroxylation is 2. The zero-order valence-corrected chi connectivity index (χ0v) is 14.5. The smallest absolute Gasteiger partial charge is 0.307 e. The second-order valence-corrected chi connectivity index (χ2v) is 7.30. The van der Waals surface area contributed by atoms with Crippen LogP contribution in [0.2, 0.25) is 0 Å². The van der Waals surface area contributed by atoms with E-state index in [1.165, 1.54) is 28.7 Å². The minimum absolute atomic E-state index is 0.00148. The molecule has 0 saturated heterocycles. The lowest BCUT2D eigenvalue weighted by Crippen LogP contribution is -2.13. The third-order valence-electron chi connectivity index (χ3n) is 3.47. The predicted octanol–water partition coefficient (Wildman–Crippen LogP) is 3.64. The second-order valence-electron chi connectivity index (χ2n) is 5.26. The van der Waals surface area contributed by atoms with E-state index in [1.54, 1.807) is 11.6 Å². The van der Waals surface area contributed by atoms with Gasteiger partial charge in [-0.05, 0) is 37.3 Å². The SMILES string of the molecule is Cc1ccc(SCC(=O)Nc2ccc3c(c2)sc(=O)n3C)cc1. The number of nitrogens with zero attached hydrogens (tertiary/aromatic N) is 1. The summed E-state index contributed by atoms with van der Waals surface area (Å²) in [5, 5.41) is 2.88. The van der Waals surface area contributed by atoms with Crippen LogP contribution in [0.3, 0.4) is 0 Å². The molecule has 6 heteroatoms. The number of amides is 1. The highest BCUT2D eigenvalue weighted by Gasteiger charge is 2.07. The first kappa shape index (κ1) is 15.8. The quantitative estimate of drug-likeness (QED) is 0.735. The molecule has 0 fully saturated rings. The number of hydrogen-bond donors (Lipinski definition) is 1. The highest BCUT2D eigenvalue weighted by atomic mass is 32.2. The standard InChI is InChI=1S/C17H16N2O2S2/c1-11-3-6-13(7-4-11)22-10-16(20)18-12-5-8-14-15(9-12)23-17(21)19(14)2/h3-9H,10H2,1-2H3,(H,18,20). The topological polar surface area (TPSA) is 51.1 Å². The molecule has 0 aliphatic heterocycles. The molecule has 0 spiro atoms. The Morgan fingerprint density at radius 3 is 2.70 bits per heavy atom. The summed E-state index contributed by atoms with van der Waals surface area (Å²) in [6.45, 7) is 2.04. The molecule has 1 heterocycles. The Morgan fingerprint density at radius 2 is 1.96 bits per heavy atom. The average molecular weight is 344 g/mol. The summed E-state index contributed by atoms with van der Waals surface area (Å²) >= 11 is 2.69. The molecule has 0 aliphatic carbocycles. The Kier molecular flexibility index (Phi) is 4.54. The van der Waals surface area contributed by atoms with Gasteiger partial charge in [-0.25, -0.2) is 0 Å². The van der Waals surface area contributed by atoms with Crippen molar-refractivity contribution < 1.29 is 4.79 Å². The highest BCUT2D eigenvalue weighted by molar-refractivity contribution is 8.00. The summed E-state index contributed by atoms with van der Waals surface area (Å²) in [6, 6.07) is 13.6. The molecule has 3 aromatic rings. The lowest BCUT2D eigenvalue weighted by molar-refractivity contribution is -0.113. The molecule has 0 radical (unpaired) electrons. The summed E-state index contributed by atoms with van der Waals surface area (Å²) in [5.74, 6) is 0.296. The fourth-order valence-corrected chi connectivity index (χ4v) is 3.81. The highest BCUT2D eigenvalue weighted by Crippen LogP contribution is 2.22. The van der Waals surface area contributed by atoms with Crippen molar-refractivity contribution >= 4 is 44.9 Å². The Balaban J connectivity index is 1.65. The Hall–Kier alpha value is -2.05. The molecule has 1 aromatic heterocycles. The number of carbonyl (C=O) groups excluding carboxylic acids is 1. The van der Waals surface area contributed by atoms with Gasteiger partial charge in [0.1, 0.15) is 0 Å². The van der Waals surface area contributed by atoms with Crippen molar-refractivity contribution in [3.05, 3.63) is 57.7 Å². The maximum atomic E-state index is 12.1. The van der Waals surface area contributed by atoms with Crippen molar-refractivity contribution in [2.24, 2.45) is 7.05 Å². The van der Waals surface area contributed by atoms with Crippen LogP contribution in [0.5, 0.6) is 0 Å². The van der Waals surface area contributed by atoms with E-state index in [2.05, 4.69) is 5.32 Å². The van der Waals surface area contributed by atoms with Crippen molar-refractivity contribution in [2.75, 3.05) is 11.1 Å². The first-order valence-corrected chi connectivity index (χ1v) is 8.92. The number of benzene rings is 2. The second kappa shape index (κ2) is 6.60. The minimum atomic E-state index is -0.0572. The van der Waals surface area contributed by atoms with Crippen molar-refractivity contribution in [3.8, 4) is 0 Å². The van der Waals surface area contributed by atoms with Crippen LogP contribution in [0.1, 0.15) is 5.56 Å². The number of thiazole rings is 1. The third kappa shape index (κ3) is 3.65. The van der Waals surface area contributed by atoms with Crippen molar-refractivity contribution in [3.63, 3.8) is 0 Å². The molecule has 118 valence electrons. The minimum Gasteiger partial charge on any atom is -0.325 e. The summed E-state index contributed by atoms with van der Waals surface area (Å²) < 4.78 is 2.49. The van der Waals surface area contributed by atoms with Gasteiger partial charge in [0.2, 0.25) is 5.91 Å². The number of nitrogens with one attached hydrogen (secondary N) is 1. The molecule has 1 amide bonds. The van der Waals surface area contributed by atoms with Crippen molar-refractivity contribution in [1.29, 1.82) is 0 Å². The van der Waals surface area contributed by atoms with Gasteiger partial charge in [-0.2, -0.15) is 0 Å². The van der Waals surface area contributed by atoms with E-state index in [1.807, 2.05) is 49.4 Å². The molecule has 0 atom stereocenters. The molecule has 2 aromatic carbocycles. The maximum Gasteiger partial charge on any atom is 0.307 e. The van der Waals surface area contributed by atoms with Crippen LogP contribution in [0.25, 0.3) is 10.2 Å². The number of anilines is 1. The van der Waals surface area contributed by atoms with Crippen LogP contribution in [-0.2, 0) is 11.8 Å². The van der Waals surface area contributed by atoms with Gasteiger partial charge in [0.25, 0.3) is 0 Å². The van der Waals surface area contributed by atoms with Gasteiger partial charge in [0, 0.05) is 17.6 Å². The van der Waals surface area contributed by atoms with Crippen LogP contribution >= 0.6 is 23.1 Å². The monoisotopic (exact) mass is 344 g/mol. The number of hydrogen-bond acceptors (Lipinski definition) is 4. The van der Waals surface area contributed by atoms with Gasteiger partial charge in [0.05, 0.1) is 16.0 Å². The number of fused-ring (bicyclic) bond motifs is 1. The van der Waals surface area contributed by atoms with Crippen molar-refractivity contribution in [1.82, 2.24) is 4.57 Å². The lowest BCUT2D eigenvalue weighted by atomic mass is 10.2. The zero-order valence-electron chi connectivity index (χ0n) is 12.8. The van der Waals surface area contributed by atoms with Gasteiger partial charge >= 0.3 is 4.87 Å². The van der Waals surface area contributed by atoms with E-state index in [4.69, 9.17) is 0 Å². The van der Waals surface area contributed by atoms with E-state index in [0.717, 1.165) is 15.1 Å². The molecule has 0 saturated carbocycles. The van der Waals surface area contributed by atoms with Crippen LogP contribution < -0.4 is 10.2 Å². The van der Waals surface area contributed by atoms with Crippen LogP contribution in [0.4, 0.5) is 5.69 Å². The Morgan fingerprint density at radius 1 is 1.22 bits per heavy atom. The van der Waals surface area contributed by atoms with E-state index in [-0.39, 0.29) is 10.8 Å². The number of rotatable bonds is 4. The molecule has 3 rings (SSSR count). The first-order valence-electron chi connectivity index (χ1n) is 7.12. The van der Waals surface area contributed by atoms with Gasteiger partial charge in [-0.3, -0.25) is 9.59 Å². The Bertz CT molecular complexity index is 910. The number of thioether (sulfide) groups is 1. The third-order valence-corrected chi connectivity index (χ3v) is 5.47. The molecular weight excluding hydrogens is 328 g/mol. The molecule has 0 aliphatic rings. The predicted molar refractivity (Wildman–Crippen MR) is 97.6 cm³/mol. The number of aromatic nitrogens is 1. The van der Waals surface area contributed by atoms with Crippen LogP contribution in [0.15, 0.2) is 52.2 Å². The van der Waals surface area contributed by atoms with Crippen molar-refractivity contribution in [2.45, 2.75) is 11.8 Å². The van der Waals surface area contributed by atoms with E-state index in [0.29, 0.717) is 11.4 Å². The van der Waals surface area contributed by atoms with E-state index in [9.17, 15) is 9.59 Å². The lowest BCUT2D eigenvalue weighted by Gasteiger charge is -2.06. The molecule has 0 unspecified atom stereocenters. The largest absolute Gasteiger partial charge is 0.325 e. The maximum absolute atomic E-state index is 12.1. The van der Waals surface area contributed by atoms with Gasteiger partial charge < -0.3 is 9.88 Å². The molecule has 23 heavy (non-hydrogen) atoms. The Labute approximate surface area is 142 Å². The zero-order chi connectivity index (χ0) is 16.4. The molecule has 0 bridgehead atoms. The van der Waals surface area contributed by atoms with Gasteiger partial charge in [0.15, 0.2) is 0 Å². The summed E-state index contributed by atoms with van der Waals surface area (Å²) in [5.41, 5.74) is 2.80. The average Bonchev–Trinajstić information content (AvgIpc) is 2.81. The van der Waals surface area contributed by atoms with E-state index >= 15 is 0 Å². The fraction of sp³-hybridized carbons (Fsp3) is 0.176. The summed E-state index contributed by atoms with van der Waals surface area (Å²) in [7, 11) is 1.75. The number of carbonyl (C=O) groups is 1. The molecular formula is C17H16N2O2S2. The normalized spacial score (nSPS) is 10.9. The van der Waals surface area contributed by atoms with Gasteiger partial charge in [-0.15, -0.1) is 11.8 Å². The molecule has 4 nitrogen and oxygen atoms in total. The summed E-state index contributed by atoms with van der Waals surface area (Å²) in [4.78, 5) is 24.8.